The van der Waals surface area contributed by atoms with Gasteiger partial charge in [0.1, 0.15) is 5.82 Å². The van der Waals surface area contributed by atoms with E-state index in [2.05, 4.69) is 28.3 Å². The molecule has 3 nitrogen and oxygen atoms in total. The monoisotopic (exact) mass is 379 g/mol. The van der Waals surface area contributed by atoms with E-state index in [0.29, 0.717) is 12.0 Å². The van der Waals surface area contributed by atoms with Gasteiger partial charge in [0.2, 0.25) is 0 Å². The summed E-state index contributed by atoms with van der Waals surface area (Å²) >= 11 is 0. The molecule has 1 aromatic heterocycles. The molecule has 0 radical (unpaired) electrons. The standard InChI is InChI=1S/C21H28F3N3/c1-16(2)26-10-6-17(7-11-26)8-12-27-13-9-25-20(27)19-5-3-4-18(14-19)15-21(22,23)24/h3-5,9,13-14,16-17H,6-8,10-12,15H2,1-2H3. The molecule has 0 unspecified atom stereocenters. The largest absolute Gasteiger partial charge is 0.393 e. The summed E-state index contributed by atoms with van der Waals surface area (Å²) in [5.41, 5.74) is 1.02. The van der Waals surface area contributed by atoms with Crippen LogP contribution in [0.1, 0.15) is 38.7 Å². The molecule has 2 aromatic rings. The average molecular weight is 379 g/mol. The molecule has 1 aromatic carbocycles. The summed E-state index contributed by atoms with van der Waals surface area (Å²) in [5.74, 6) is 1.45. The quantitative estimate of drug-likeness (QED) is 0.691. The first kappa shape index (κ1) is 19.9. The minimum absolute atomic E-state index is 0.274. The number of alkyl halides is 3. The molecule has 0 spiro atoms. The van der Waals surface area contributed by atoms with Crippen LogP contribution >= 0.6 is 0 Å². The van der Waals surface area contributed by atoms with Gasteiger partial charge in [-0.25, -0.2) is 4.98 Å². The molecular formula is C21H28F3N3. The van der Waals surface area contributed by atoms with Crippen LogP contribution in [0.4, 0.5) is 13.2 Å². The first-order valence-electron chi connectivity index (χ1n) is 9.73. The first-order valence-corrected chi connectivity index (χ1v) is 9.73. The third-order valence-electron chi connectivity index (χ3n) is 5.46. The fourth-order valence-electron chi connectivity index (χ4n) is 3.88. The number of aryl methyl sites for hydroxylation is 1. The van der Waals surface area contributed by atoms with Gasteiger partial charge >= 0.3 is 6.18 Å². The fourth-order valence-corrected chi connectivity index (χ4v) is 3.88. The average Bonchev–Trinajstić information content (AvgIpc) is 3.07. The highest BCUT2D eigenvalue weighted by Crippen LogP contribution is 2.26. The van der Waals surface area contributed by atoms with E-state index in [1.807, 2.05) is 12.3 Å². The van der Waals surface area contributed by atoms with E-state index in [9.17, 15) is 13.2 Å². The lowest BCUT2D eigenvalue weighted by Crippen LogP contribution is -2.38. The fraction of sp³-hybridized carbons (Fsp3) is 0.571. The second kappa shape index (κ2) is 8.46. The molecule has 0 bridgehead atoms. The van der Waals surface area contributed by atoms with Crippen LogP contribution in [0, 0.1) is 5.92 Å². The predicted octanol–water partition coefficient (Wildman–Crippen LogP) is 5.17. The van der Waals surface area contributed by atoms with Crippen molar-refractivity contribution in [2.75, 3.05) is 13.1 Å². The summed E-state index contributed by atoms with van der Waals surface area (Å²) in [6.07, 6.45) is 2.06. The maximum Gasteiger partial charge on any atom is 0.393 e. The molecule has 27 heavy (non-hydrogen) atoms. The Morgan fingerprint density at radius 2 is 1.93 bits per heavy atom. The number of hydrogen-bond donors (Lipinski definition) is 0. The molecule has 0 N–H and O–H groups in total. The van der Waals surface area contributed by atoms with Crippen molar-refractivity contribution in [2.24, 2.45) is 5.92 Å². The minimum atomic E-state index is -4.20. The van der Waals surface area contributed by atoms with Gasteiger partial charge in [0.15, 0.2) is 0 Å². The van der Waals surface area contributed by atoms with Gasteiger partial charge in [-0.15, -0.1) is 0 Å². The third-order valence-corrected chi connectivity index (χ3v) is 5.46. The molecule has 0 amide bonds. The number of imidazole rings is 1. The van der Waals surface area contributed by atoms with Crippen molar-refractivity contribution >= 4 is 0 Å². The summed E-state index contributed by atoms with van der Waals surface area (Å²) in [6, 6.07) is 7.24. The molecule has 0 atom stereocenters. The number of halogens is 3. The molecule has 2 heterocycles. The van der Waals surface area contributed by atoms with Gasteiger partial charge in [0.05, 0.1) is 6.42 Å². The maximum absolute atomic E-state index is 12.7. The molecular weight excluding hydrogens is 351 g/mol. The van der Waals surface area contributed by atoms with Crippen molar-refractivity contribution in [3.63, 3.8) is 0 Å². The van der Waals surface area contributed by atoms with Gasteiger partial charge < -0.3 is 9.47 Å². The van der Waals surface area contributed by atoms with Crippen molar-refractivity contribution in [2.45, 2.75) is 58.3 Å². The Hall–Kier alpha value is -1.82. The zero-order valence-corrected chi connectivity index (χ0v) is 16.0. The molecule has 1 fully saturated rings. The van der Waals surface area contributed by atoms with Gasteiger partial charge in [-0.3, -0.25) is 0 Å². The highest BCUT2D eigenvalue weighted by Gasteiger charge is 2.27. The zero-order chi connectivity index (χ0) is 19.4. The van der Waals surface area contributed by atoms with E-state index in [4.69, 9.17) is 0 Å². The molecule has 1 aliphatic rings. The van der Waals surface area contributed by atoms with E-state index in [-0.39, 0.29) is 5.56 Å². The van der Waals surface area contributed by atoms with Crippen LogP contribution < -0.4 is 0 Å². The van der Waals surface area contributed by atoms with Crippen LogP contribution in [0.5, 0.6) is 0 Å². The molecule has 3 rings (SSSR count). The Morgan fingerprint density at radius 1 is 1.19 bits per heavy atom. The van der Waals surface area contributed by atoms with Gasteiger partial charge in [0.25, 0.3) is 0 Å². The number of hydrogen-bond acceptors (Lipinski definition) is 2. The summed E-state index contributed by atoms with van der Waals surface area (Å²) < 4.78 is 40.1. The van der Waals surface area contributed by atoms with Crippen molar-refractivity contribution in [1.29, 1.82) is 0 Å². The van der Waals surface area contributed by atoms with Crippen LogP contribution in [0.2, 0.25) is 0 Å². The van der Waals surface area contributed by atoms with Crippen molar-refractivity contribution < 1.29 is 13.2 Å². The molecule has 0 aliphatic carbocycles. The third kappa shape index (κ3) is 5.58. The Bertz CT molecular complexity index is 728. The second-order valence-electron chi connectivity index (χ2n) is 7.80. The SMILES string of the molecule is CC(C)N1CCC(CCn2ccnc2-c2cccc(CC(F)(F)F)c2)CC1. The Kier molecular flexibility index (Phi) is 6.25. The van der Waals surface area contributed by atoms with E-state index in [1.54, 1.807) is 18.3 Å². The maximum atomic E-state index is 12.7. The van der Waals surface area contributed by atoms with Gasteiger partial charge in [-0.05, 0) is 63.7 Å². The number of likely N-dealkylation sites (tertiary alicyclic amines) is 1. The first-order chi connectivity index (χ1) is 12.8. The van der Waals surface area contributed by atoms with Crippen LogP contribution in [0.3, 0.4) is 0 Å². The van der Waals surface area contributed by atoms with Gasteiger partial charge in [-0.1, -0.05) is 18.2 Å². The molecule has 1 saturated heterocycles. The van der Waals surface area contributed by atoms with Crippen LogP contribution in [-0.4, -0.2) is 39.8 Å². The Morgan fingerprint density at radius 3 is 2.59 bits per heavy atom. The predicted molar refractivity (Wildman–Crippen MR) is 101 cm³/mol. The van der Waals surface area contributed by atoms with Gasteiger partial charge in [0, 0.05) is 30.5 Å². The van der Waals surface area contributed by atoms with Crippen LogP contribution in [0.15, 0.2) is 36.7 Å². The lowest BCUT2D eigenvalue weighted by atomic mass is 9.93. The smallest absolute Gasteiger partial charge is 0.331 e. The lowest BCUT2D eigenvalue weighted by molar-refractivity contribution is -0.127. The van der Waals surface area contributed by atoms with Crippen molar-refractivity contribution in [3.05, 3.63) is 42.2 Å². The minimum Gasteiger partial charge on any atom is -0.331 e. The topological polar surface area (TPSA) is 21.1 Å². The summed E-state index contributed by atoms with van der Waals surface area (Å²) in [6.45, 7) is 7.64. The van der Waals surface area contributed by atoms with Crippen LogP contribution in [0.25, 0.3) is 11.4 Å². The van der Waals surface area contributed by atoms with Crippen molar-refractivity contribution in [1.82, 2.24) is 14.5 Å². The molecule has 1 aliphatic heterocycles. The summed E-state index contributed by atoms with van der Waals surface area (Å²) in [5, 5.41) is 0. The van der Waals surface area contributed by atoms with E-state index in [0.717, 1.165) is 37.4 Å². The van der Waals surface area contributed by atoms with Gasteiger partial charge in [-0.2, -0.15) is 13.2 Å². The summed E-state index contributed by atoms with van der Waals surface area (Å²) in [7, 11) is 0. The number of rotatable bonds is 6. The number of aromatic nitrogens is 2. The molecule has 0 saturated carbocycles. The highest BCUT2D eigenvalue weighted by molar-refractivity contribution is 5.56. The molecule has 6 heteroatoms. The molecule has 148 valence electrons. The lowest BCUT2D eigenvalue weighted by Gasteiger charge is -2.34. The zero-order valence-electron chi connectivity index (χ0n) is 16.0. The van der Waals surface area contributed by atoms with Crippen molar-refractivity contribution in [3.8, 4) is 11.4 Å². The van der Waals surface area contributed by atoms with E-state index in [1.165, 1.54) is 18.9 Å². The van der Waals surface area contributed by atoms with E-state index >= 15 is 0 Å². The highest BCUT2D eigenvalue weighted by atomic mass is 19.4. The summed E-state index contributed by atoms with van der Waals surface area (Å²) in [4.78, 5) is 6.92. The number of nitrogens with zero attached hydrogens (tertiary/aromatic N) is 3. The second-order valence-corrected chi connectivity index (χ2v) is 7.80. The van der Waals surface area contributed by atoms with Crippen LogP contribution in [-0.2, 0) is 13.0 Å². The Labute approximate surface area is 159 Å². The number of piperidine rings is 1. The van der Waals surface area contributed by atoms with E-state index < -0.39 is 12.6 Å². The number of benzene rings is 1. The normalized spacial score (nSPS) is 17.0. The Balaban J connectivity index is 1.62.